The van der Waals surface area contributed by atoms with Crippen LogP contribution in [0.4, 0.5) is 0 Å². The first kappa shape index (κ1) is 48.4. The second-order valence-corrected chi connectivity index (χ2v) is 14.7. The van der Waals surface area contributed by atoms with E-state index >= 15 is 0 Å². The van der Waals surface area contributed by atoms with E-state index in [4.69, 9.17) is 19.3 Å². The molecule has 11 nitrogen and oxygen atoms in total. The summed E-state index contributed by atoms with van der Waals surface area (Å²) in [6.07, 6.45) is 33.2. The predicted octanol–water partition coefficient (Wildman–Crippen LogP) is 7.89. The lowest BCUT2D eigenvalue weighted by Gasteiger charge is -2.19. The van der Waals surface area contributed by atoms with Crippen molar-refractivity contribution < 1.29 is 53.3 Å². The summed E-state index contributed by atoms with van der Waals surface area (Å²) in [5.41, 5.74) is 0. The Labute approximate surface area is 317 Å². The molecule has 0 aromatic carbocycles. The third kappa shape index (κ3) is 26.7. The minimum atomic E-state index is -4.84. The number of hydrogen-bond acceptors (Lipinski definition) is 9. The Morgan fingerprint density at radius 3 is 2.09 bits per heavy atom. The van der Waals surface area contributed by atoms with E-state index in [0.29, 0.717) is 19.3 Å². The number of phosphoric ester groups is 1. The van der Waals surface area contributed by atoms with Gasteiger partial charge in [0.2, 0.25) is 0 Å². The molecule has 0 heterocycles. The number of rotatable bonds is 30. The van der Waals surface area contributed by atoms with Crippen LogP contribution in [0.5, 0.6) is 0 Å². The average Bonchev–Trinajstić information content (AvgIpc) is 3.38. The van der Waals surface area contributed by atoms with Crippen molar-refractivity contribution in [1.29, 1.82) is 0 Å². The van der Waals surface area contributed by atoms with E-state index in [1.165, 1.54) is 0 Å². The molecule has 0 aromatic heterocycles. The minimum Gasteiger partial charge on any atom is -0.461 e. The van der Waals surface area contributed by atoms with Gasteiger partial charge < -0.3 is 34.6 Å². The molecule has 53 heavy (non-hydrogen) atoms. The van der Waals surface area contributed by atoms with E-state index in [0.717, 1.165) is 70.6 Å². The summed E-state index contributed by atoms with van der Waals surface area (Å²) in [4.78, 5) is 43.0. The number of carbonyl (C=O) groups excluding carboxylic acids is 2. The quantitative estimate of drug-likeness (QED) is 0.0208. The zero-order chi connectivity index (χ0) is 39.2. The molecule has 302 valence electrons. The minimum absolute atomic E-state index is 0.114. The van der Waals surface area contributed by atoms with Crippen LogP contribution in [0.3, 0.4) is 0 Å². The number of allylic oxidation sites excluding steroid dienone is 9. The molecule has 0 unspecified atom stereocenters. The third-order valence-electron chi connectivity index (χ3n) is 8.81. The number of unbranched alkanes of at least 4 members (excludes halogenated alkanes) is 6. The first-order chi connectivity index (χ1) is 25.5. The van der Waals surface area contributed by atoms with Gasteiger partial charge >= 0.3 is 19.8 Å². The molecular weight excluding hydrogens is 699 g/mol. The molecule has 1 aliphatic carbocycles. The van der Waals surface area contributed by atoms with Crippen LogP contribution < -0.4 is 0 Å². The number of ether oxygens (including phenoxy) is 2. The van der Waals surface area contributed by atoms with Gasteiger partial charge in [0.1, 0.15) is 6.61 Å². The molecule has 1 aliphatic rings. The van der Waals surface area contributed by atoms with E-state index in [2.05, 4.69) is 67.0 Å². The van der Waals surface area contributed by atoms with E-state index in [1.54, 1.807) is 24.3 Å². The molecule has 1 rings (SSSR count). The Kier molecular flexibility index (Phi) is 28.0. The number of aliphatic hydroxyl groups excluding tert-OH is 3. The van der Waals surface area contributed by atoms with Crippen molar-refractivity contribution in [3.8, 4) is 0 Å². The largest absolute Gasteiger partial charge is 0.469 e. The third-order valence-corrected chi connectivity index (χ3v) is 9.30. The summed E-state index contributed by atoms with van der Waals surface area (Å²) in [5.74, 6) is -1.84. The van der Waals surface area contributed by atoms with Crippen LogP contribution in [0, 0.1) is 11.8 Å². The SMILES string of the molecule is CC/C=C\C/C=C\C/C=C\C/C=C\CCCCCCC(=O)O[C@H](COC(=O)C/C=C\C[C@H]1[C@@H](/C=C/[C@H](O)CCCCC)[C@H](O)C[C@@H]1O)COP(=O)(O)O. The number of esters is 2. The number of aliphatic hydroxyl groups is 3. The standard InChI is InChI=1S/C41H67O11P/c1-3-5-7-8-9-10-11-12-13-14-15-16-17-18-19-20-22-28-41(46)52-35(33-51-53(47,48)49)32-50-40(45)27-24-23-26-36-37(39(44)31-38(36)43)30-29-34(42)25-21-6-4-2/h5,7,9-10,12-13,15-16,23-24,29-30,34-39,42-44H,3-4,6,8,11,14,17-22,25-28,31-33H2,1-2H3,(H2,47,48,49)/b7-5-,10-9-,13-12-,16-15-,24-23-,30-29+/t34-,35-,36+,37-,38+,39-/m1/s1. The molecule has 0 bridgehead atoms. The number of hydrogen-bond donors (Lipinski definition) is 5. The summed E-state index contributed by atoms with van der Waals surface area (Å²) in [5, 5.41) is 31.1. The van der Waals surface area contributed by atoms with E-state index in [1.807, 2.05) is 0 Å². The molecule has 0 saturated heterocycles. The van der Waals surface area contributed by atoms with Gasteiger partial charge in [0, 0.05) is 18.8 Å². The van der Waals surface area contributed by atoms with Crippen LogP contribution in [0.15, 0.2) is 72.9 Å². The maximum absolute atomic E-state index is 12.4. The van der Waals surface area contributed by atoms with Gasteiger partial charge in [-0.25, -0.2) is 4.57 Å². The molecular formula is C41H67O11P. The molecule has 12 heteroatoms. The van der Waals surface area contributed by atoms with Crippen LogP contribution in [0.25, 0.3) is 0 Å². The van der Waals surface area contributed by atoms with Crippen molar-refractivity contribution in [3.05, 3.63) is 72.9 Å². The Bertz CT molecular complexity index is 1200. The number of phosphoric acid groups is 1. The van der Waals surface area contributed by atoms with Crippen molar-refractivity contribution in [2.45, 2.75) is 147 Å². The first-order valence-electron chi connectivity index (χ1n) is 19.5. The van der Waals surface area contributed by atoms with Gasteiger partial charge in [0.15, 0.2) is 6.10 Å². The molecule has 1 saturated carbocycles. The second kappa shape index (κ2) is 30.7. The lowest BCUT2D eigenvalue weighted by molar-refractivity contribution is -0.160. The van der Waals surface area contributed by atoms with Crippen LogP contribution in [-0.4, -0.2) is 74.7 Å². The maximum atomic E-state index is 12.4. The van der Waals surface area contributed by atoms with Crippen molar-refractivity contribution in [2.75, 3.05) is 13.2 Å². The number of carbonyl (C=O) groups is 2. The van der Waals surface area contributed by atoms with Crippen molar-refractivity contribution >= 4 is 19.8 Å². The lowest BCUT2D eigenvalue weighted by Crippen LogP contribution is -2.29. The summed E-state index contributed by atoms with van der Waals surface area (Å²) in [6.45, 7) is 3.14. The van der Waals surface area contributed by atoms with E-state index in [9.17, 15) is 29.5 Å². The van der Waals surface area contributed by atoms with E-state index in [-0.39, 0.29) is 31.1 Å². The Morgan fingerprint density at radius 2 is 1.43 bits per heavy atom. The van der Waals surface area contributed by atoms with Crippen LogP contribution >= 0.6 is 7.82 Å². The van der Waals surface area contributed by atoms with Crippen LogP contribution in [-0.2, 0) is 28.2 Å². The topological polar surface area (TPSA) is 180 Å². The maximum Gasteiger partial charge on any atom is 0.469 e. The van der Waals surface area contributed by atoms with Gasteiger partial charge in [0.25, 0.3) is 0 Å². The normalized spacial score (nSPS) is 21.0. The predicted molar refractivity (Wildman–Crippen MR) is 209 cm³/mol. The molecule has 0 spiro atoms. The fourth-order valence-corrected chi connectivity index (χ4v) is 6.22. The second-order valence-electron chi connectivity index (χ2n) is 13.5. The summed E-state index contributed by atoms with van der Waals surface area (Å²) >= 11 is 0. The van der Waals surface area contributed by atoms with Crippen LogP contribution in [0.1, 0.15) is 123 Å². The van der Waals surface area contributed by atoms with E-state index < -0.39 is 57.4 Å². The Morgan fingerprint density at radius 1 is 0.774 bits per heavy atom. The Hall–Kier alpha value is -2.63. The molecule has 0 radical (unpaired) electrons. The monoisotopic (exact) mass is 766 g/mol. The molecule has 6 atom stereocenters. The molecule has 5 N–H and O–H groups in total. The van der Waals surface area contributed by atoms with Gasteiger partial charge in [-0.2, -0.15) is 0 Å². The summed E-state index contributed by atoms with van der Waals surface area (Å²) in [7, 11) is -4.84. The van der Waals surface area contributed by atoms with Gasteiger partial charge in [-0.1, -0.05) is 119 Å². The van der Waals surface area contributed by atoms with Gasteiger partial charge in [-0.3, -0.25) is 14.1 Å². The zero-order valence-corrected chi connectivity index (χ0v) is 32.9. The summed E-state index contributed by atoms with van der Waals surface area (Å²) < 4.78 is 26.3. The highest BCUT2D eigenvalue weighted by Crippen LogP contribution is 2.37. The fraction of sp³-hybridized carbons (Fsp3) is 0.659. The average molecular weight is 767 g/mol. The molecule has 0 aromatic rings. The summed E-state index contributed by atoms with van der Waals surface area (Å²) in [6, 6.07) is 0. The molecule has 0 amide bonds. The van der Waals surface area contributed by atoms with Crippen LogP contribution in [0.2, 0.25) is 0 Å². The van der Waals surface area contributed by atoms with Gasteiger partial charge in [-0.15, -0.1) is 0 Å². The molecule has 1 fully saturated rings. The highest BCUT2D eigenvalue weighted by atomic mass is 31.2. The van der Waals surface area contributed by atoms with Gasteiger partial charge in [-0.05, 0) is 63.7 Å². The highest BCUT2D eigenvalue weighted by Gasteiger charge is 2.39. The Balaban J connectivity index is 2.38. The zero-order valence-electron chi connectivity index (χ0n) is 32.0. The van der Waals surface area contributed by atoms with Gasteiger partial charge in [0.05, 0.1) is 31.3 Å². The fourth-order valence-electron chi connectivity index (χ4n) is 5.86. The van der Waals surface area contributed by atoms with Crippen molar-refractivity contribution in [2.24, 2.45) is 11.8 Å². The van der Waals surface area contributed by atoms with Crippen molar-refractivity contribution in [1.82, 2.24) is 0 Å². The highest BCUT2D eigenvalue weighted by molar-refractivity contribution is 7.46. The lowest BCUT2D eigenvalue weighted by atomic mass is 9.89. The van der Waals surface area contributed by atoms with Crippen molar-refractivity contribution in [3.63, 3.8) is 0 Å². The molecule has 0 aliphatic heterocycles. The first-order valence-corrected chi connectivity index (χ1v) is 21.0. The smallest absolute Gasteiger partial charge is 0.461 e.